The lowest BCUT2D eigenvalue weighted by molar-refractivity contribution is 0.0323. The molecule has 206 valence electrons. The van der Waals surface area contributed by atoms with Gasteiger partial charge < -0.3 is 30.2 Å². The Balaban J connectivity index is 1.33. The second-order valence-corrected chi connectivity index (χ2v) is 9.32. The molecule has 1 saturated heterocycles. The van der Waals surface area contributed by atoms with Crippen molar-refractivity contribution < 1.29 is 23.8 Å². The number of aromatic nitrogens is 1. The third-order valence-corrected chi connectivity index (χ3v) is 6.46. The number of nitrogens with zero attached hydrogens (tertiary/aromatic N) is 2. The SMILES string of the molecule is CNC(=O)c1cc(Oc2cccc(CNC(=O)Nc3cc(C)c(Cl)cc3OCCN3CCOCC3)c2)ccn1. The average Bonchev–Trinajstić information content (AvgIpc) is 2.95. The van der Waals surface area contributed by atoms with E-state index in [1.165, 1.54) is 6.20 Å². The first kappa shape index (κ1) is 28.2. The summed E-state index contributed by atoms with van der Waals surface area (Å²) in [5, 5.41) is 8.83. The third kappa shape index (κ3) is 8.31. The van der Waals surface area contributed by atoms with Crippen LogP contribution in [0.3, 0.4) is 0 Å². The van der Waals surface area contributed by atoms with Crippen LogP contribution in [-0.2, 0) is 11.3 Å². The normalized spacial score (nSPS) is 13.4. The molecule has 1 aliphatic rings. The average molecular weight is 554 g/mol. The molecular weight excluding hydrogens is 522 g/mol. The lowest BCUT2D eigenvalue weighted by Crippen LogP contribution is -2.38. The number of anilines is 1. The van der Waals surface area contributed by atoms with Gasteiger partial charge in [-0.15, -0.1) is 0 Å². The summed E-state index contributed by atoms with van der Waals surface area (Å²) >= 11 is 6.33. The van der Waals surface area contributed by atoms with Crippen molar-refractivity contribution in [1.29, 1.82) is 0 Å². The van der Waals surface area contributed by atoms with Crippen molar-refractivity contribution in [3.63, 3.8) is 0 Å². The summed E-state index contributed by atoms with van der Waals surface area (Å²) in [5.41, 5.74) is 2.45. The number of amides is 3. The number of ether oxygens (including phenoxy) is 3. The van der Waals surface area contributed by atoms with Crippen molar-refractivity contribution in [2.45, 2.75) is 13.5 Å². The molecule has 0 radical (unpaired) electrons. The lowest BCUT2D eigenvalue weighted by Gasteiger charge is -2.26. The Morgan fingerprint density at radius 3 is 2.69 bits per heavy atom. The molecule has 0 atom stereocenters. The van der Waals surface area contributed by atoms with Crippen LogP contribution in [0.4, 0.5) is 10.5 Å². The van der Waals surface area contributed by atoms with Crippen LogP contribution >= 0.6 is 11.6 Å². The Morgan fingerprint density at radius 2 is 1.90 bits per heavy atom. The van der Waals surface area contributed by atoms with Gasteiger partial charge in [-0.1, -0.05) is 23.7 Å². The number of halogens is 1. The summed E-state index contributed by atoms with van der Waals surface area (Å²) < 4.78 is 17.3. The summed E-state index contributed by atoms with van der Waals surface area (Å²) in [7, 11) is 1.54. The van der Waals surface area contributed by atoms with E-state index < -0.39 is 0 Å². The van der Waals surface area contributed by atoms with Gasteiger partial charge in [-0.2, -0.15) is 0 Å². The molecule has 2 aromatic carbocycles. The van der Waals surface area contributed by atoms with Crippen LogP contribution in [0.2, 0.25) is 5.02 Å². The molecule has 1 aliphatic heterocycles. The summed E-state index contributed by atoms with van der Waals surface area (Å²) in [4.78, 5) is 30.9. The zero-order chi connectivity index (χ0) is 27.6. The van der Waals surface area contributed by atoms with Crippen molar-refractivity contribution in [2.24, 2.45) is 0 Å². The maximum atomic E-state index is 12.8. The highest BCUT2D eigenvalue weighted by atomic mass is 35.5. The van der Waals surface area contributed by atoms with Gasteiger partial charge >= 0.3 is 6.03 Å². The Kier molecular flexibility index (Phi) is 9.96. The zero-order valence-corrected chi connectivity index (χ0v) is 22.7. The molecule has 4 rings (SSSR count). The highest BCUT2D eigenvalue weighted by Crippen LogP contribution is 2.31. The molecule has 39 heavy (non-hydrogen) atoms. The Hall–Kier alpha value is -3.86. The van der Waals surface area contributed by atoms with E-state index in [2.05, 4.69) is 25.8 Å². The largest absolute Gasteiger partial charge is 0.490 e. The minimum Gasteiger partial charge on any atom is -0.490 e. The fourth-order valence-corrected chi connectivity index (χ4v) is 4.07. The molecule has 3 N–H and O–H groups in total. The predicted octanol–water partition coefficient (Wildman–Crippen LogP) is 4.23. The van der Waals surface area contributed by atoms with Crippen LogP contribution in [0.5, 0.6) is 17.2 Å². The van der Waals surface area contributed by atoms with Crippen LogP contribution < -0.4 is 25.4 Å². The number of morpholine rings is 1. The molecule has 11 heteroatoms. The van der Waals surface area contributed by atoms with Gasteiger partial charge in [0.2, 0.25) is 0 Å². The minimum absolute atomic E-state index is 0.256. The molecule has 0 saturated carbocycles. The molecule has 10 nitrogen and oxygen atoms in total. The van der Waals surface area contributed by atoms with Crippen LogP contribution in [-0.4, -0.2) is 68.3 Å². The molecule has 3 amide bonds. The van der Waals surface area contributed by atoms with Gasteiger partial charge in [-0.05, 0) is 42.3 Å². The Labute approximate surface area is 232 Å². The van der Waals surface area contributed by atoms with E-state index in [1.807, 2.05) is 25.1 Å². The summed E-state index contributed by atoms with van der Waals surface area (Å²) in [6, 6.07) is 13.7. The van der Waals surface area contributed by atoms with Crippen LogP contribution in [0, 0.1) is 6.92 Å². The smallest absolute Gasteiger partial charge is 0.319 e. The molecule has 0 aliphatic carbocycles. The molecule has 0 spiro atoms. The number of rotatable bonds is 10. The quantitative estimate of drug-likeness (QED) is 0.344. The van der Waals surface area contributed by atoms with Gasteiger partial charge in [0.15, 0.2) is 0 Å². The van der Waals surface area contributed by atoms with E-state index in [4.69, 9.17) is 25.8 Å². The maximum Gasteiger partial charge on any atom is 0.319 e. The fraction of sp³-hybridized carbons (Fsp3) is 0.321. The molecule has 1 aromatic heterocycles. The number of urea groups is 1. The Bertz CT molecular complexity index is 1300. The lowest BCUT2D eigenvalue weighted by atomic mass is 10.2. The number of hydrogen-bond donors (Lipinski definition) is 3. The topological polar surface area (TPSA) is 114 Å². The number of aryl methyl sites for hydroxylation is 1. The first-order valence-corrected chi connectivity index (χ1v) is 13.0. The maximum absolute atomic E-state index is 12.8. The zero-order valence-electron chi connectivity index (χ0n) is 22.0. The highest BCUT2D eigenvalue weighted by molar-refractivity contribution is 6.31. The third-order valence-electron chi connectivity index (χ3n) is 6.06. The number of benzene rings is 2. The molecule has 2 heterocycles. The van der Waals surface area contributed by atoms with Gasteiger partial charge in [0.1, 0.15) is 29.5 Å². The summed E-state index contributed by atoms with van der Waals surface area (Å²) in [6.07, 6.45) is 1.51. The number of nitrogens with one attached hydrogen (secondary N) is 3. The van der Waals surface area contributed by atoms with E-state index >= 15 is 0 Å². The van der Waals surface area contributed by atoms with Crippen molar-refractivity contribution >= 4 is 29.2 Å². The van der Waals surface area contributed by atoms with E-state index in [0.717, 1.165) is 44.0 Å². The monoisotopic (exact) mass is 553 g/mol. The van der Waals surface area contributed by atoms with Gasteiger partial charge in [0.05, 0.1) is 18.9 Å². The van der Waals surface area contributed by atoms with Crippen molar-refractivity contribution in [3.8, 4) is 17.2 Å². The van der Waals surface area contributed by atoms with E-state index in [0.29, 0.717) is 34.6 Å². The summed E-state index contributed by atoms with van der Waals surface area (Å²) in [6.45, 7) is 6.55. The minimum atomic E-state index is -0.384. The van der Waals surface area contributed by atoms with Crippen LogP contribution in [0.15, 0.2) is 54.7 Å². The highest BCUT2D eigenvalue weighted by Gasteiger charge is 2.14. The fourth-order valence-electron chi connectivity index (χ4n) is 3.92. The Morgan fingerprint density at radius 1 is 1.10 bits per heavy atom. The predicted molar refractivity (Wildman–Crippen MR) is 149 cm³/mol. The van der Waals surface area contributed by atoms with Crippen molar-refractivity contribution in [1.82, 2.24) is 20.5 Å². The molecule has 0 bridgehead atoms. The van der Waals surface area contributed by atoms with Gasteiger partial charge in [0.25, 0.3) is 5.91 Å². The molecular formula is C28H32ClN5O5. The van der Waals surface area contributed by atoms with Crippen LogP contribution in [0.1, 0.15) is 21.6 Å². The molecule has 3 aromatic rings. The van der Waals surface area contributed by atoms with Gasteiger partial charge in [0, 0.05) is 56.6 Å². The van der Waals surface area contributed by atoms with Gasteiger partial charge in [-0.3, -0.25) is 14.7 Å². The number of carbonyl (C=O) groups excluding carboxylic acids is 2. The molecule has 0 unspecified atom stereocenters. The van der Waals surface area contributed by atoms with E-state index in [1.54, 1.807) is 37.4 Å². The number of pyridine rings is 1. The first-order chi connectivity index (χ1) is 18.9. The van der Waals surface area contributed by atoms with Gasteiger partial charge in [-0.25, -0.2) is 4.79 Å². The molecule has 1 fully saturated rings. The van der Waals surface area contributed by atoms with E-state index in [9.17, 15) is 9.59 Å². The standard InChI is InChI=1S/C28H32ClN5O5/c1-19-14-24(26(17-23(19)29)38-13-10-34-8-11-37-12-9-34)33-28(36)32-18-20-4-3-5-21(15-20)39-22-6-7-31-25(16-22)27(35)30-2/h3-7,14-17H,8-13,18H2,1-2H3,(H,30,35)(H2,32,33,36). The summed E-state index contributed by atoms with van der Waals surface area (Å²) in [5.74, 6) is 1.25. The first-order valence-electron chi connectivity index (χ1n) is 12.6. The number of carbonyl (C=O) groups is 2. The van der Waals surface area contributed by atoms with E-state index in [-0.39, 0.29) is 24.2 Å². The van der Waals surface area contributed by atoms with Crippen molar-refractivity contribution in [2.75, 3.05) is 51.8 Å². The van der Waals surface area contributed by atoms with Crippen LogP contribution in [0.25, 0.3) is 0 Å². The second kappa shape index (κ2) is 13.8. The number of hydrogen-bond acceptors (Lipinski definition) is 7. The second-order valence-electron chi connectivity index (χ2n) is 8.91. The van der Waals surface area contributed by atoms with Crippen molar-refractivity contribution in [3.05, 3.63) is 76.6 Å².